The van der Waals surface area contributed by atoms with Crippen molar-refractivity contribution in [3.63, 3.8) is 0 Å². The molecule has 30 heavy (non-hydrogen) atoms. The van der Waals surface area contributed by atoms with Gasteiger partial charge in [-0.3, -0.25) is 4.98 Å². The number of benzene rings is 2. The molecule has 0 radical (unpaired) electrons. The molecule has 3 heterocycles. The third kappa shape index (κ3) is 3.98. The second kappa shape index (κ2) is 8.36. The average molecular weight is 418 g/mol. The van der Waals surface area contributed by atoms with Crippen LogP contribution in [0.25, 0.3) is 22.0 Å². The van der Waals surface area contributed by atoms with Crippen molar-refractivity contribution in [1.82, 2.24) is 20.3 Å². The van der Waals surface area contributed by atoms with Crippen molar-refractivity contribution in [2.24, 2.45) is 0 Å². The molecule has 4 aromatic rings. The molecule has 0 spiro atoms. The van der Waals surface area contributed by atoms with Crippen LogP contribution in [0.5, 0.6) is 0 Å². The smallest absolute Gasteiger partial charge is 0.227 e. The van der Waals surface area contributed by atoms with Gasteiger partial charge >= 0.3 is 0 Å². The van der Waals surface area contributed by atoms with Crippen LogP contribution in [0.15, 0.2) is 67.1 Å². The zero-order valence-corrected chi connectivity index (χ0v) is 16.9. The van der Waals surface area contributed by atoms with E-state index in [0.717, 1.165) is 47.3 Å². The Morgan fingerprint density at radius 3 is 2.77 bits per heavy atom. The molecule has 1 fully saturated rings. The molecular formula is C23H20ClN5O. The van der Waals surface area contributed by atoms with Gasteiger partial charge in [0.2, 0.25) is 5.95 Å². The molecule has 150 valence electrons. The summed E-state index contributed by atoms with van der Waals surface area (Å²) in [4.78, 5) is 13.2. The number of pyridine rings is 1. The Kier molecular flexibility index (Phi) is 5.27. The Balaban J connectivity index is 1.39. The van der Waals surface area contributed by atoms with Gasteiger partial charge in [-0.2, -0.15) is 0 Å². The molecule has 0 bridgehead atoms. The highest BCUT2D eigenvalue weighted by atomic mass is 35.5. The molecule has 6 nitrogen and oxygen atoms in total. The molecule has 1 aliphatic rings. The lowest BCUT2D eigenvalue weighted by Gasteiger charge is -2.24. The molecular weight excluding hydrogens is 398 g/mol. The summed E-state index contributed by atoms with van der Waals surface area (Å²) in [6.07, 6.45) is 5.33. The average Bonchev–Trinajstić information content (AvgIpc) is 2.81. The Morgan fingerprint density at radius 1 is 1.03 bits per heavy atom. The quantitative estimate of drug-likeness (QED) is 0.499. The minimum absolute atomic E-state index is 0.0913. The molecule has 7 heteroatoms. The number of anilines is 2. The van der Waals surface area contributed by atoms with E-state index in [2.05, 4.69) is 37.7 Å². The fourth-order valence-corrected chi connectivity index (χ4v) is 3.75. The van der Waals surface area contributed by atoms with E-state index < -0.39 is 0 Å². The summed E-state index contributed by atoms with van der Waals surface area (Å²) < 4.78 is 5.80. The number of hydrogen-bond donors (Lipinski definition) is 2. The van der Waals surface area contributed by atoms with Crippen molar-refractivity contribution in [3.8, 4) is 11.3 Å². The van der Waals surface area contributed by atoms with Gasteiger partial charge < -0.3 is 15.4 Å². The van der Waals surface area contributed by atoms with Gasteiger partial charge in [-0.05, 0) is 35.2 Å². The number of aromatic nitrogens is 3. The number of nitrogens with zero attached hydrogens (tertiary/aromatic N) is 3. The van der Waals surface area contributed by atoms with Gasteiger partial charge in [-0.1, -0.05) is 35.9 Å². The fourth-order valence-electron chi connectivity index (χ4n) is 3.55. The molecule has 0 aliphatic carbocycles. The lowest BCUT2D eigenvalue weighted by atomic mass is 10.1. The van der Waals surface area contributed by atoms with Gasteiger partial charge in [0.25, 0.3) is 0 Å². The summed E-state index contributed by atoms with van der Waals surface area (Å²) in [5.74, 6) is 0.490. The monoisotopic (exact) mass is 417 g/mol. The molecule has 1 atom stereocenters. The van der Waals surface area contributed by atoms with Gasteiger partial charge in [-0.25, -0.2) is 9.97 Å². The maximum Gasteiger partial charge on any atom is 0.227 e. The van der Waals surface area contributed by atoms with Crippen LogP contribution >= 0.6 is 11.6 Å². The summed E-state index contributed by atoms with van der Waals surface area (Å²) in [5, 5.41) is 9.26. The highest BCUT2D eigenvalue weighted by molar-refractivity contribution is 6.33. The lowest BCUT2D eigenvalue weighted by molar-refractivity contribution is 0.0277. The van der Waals surface area contributed by atoms with E-state index in [9.17, 15) is 0 Å². The largest absolute Gasteiger partial charge is 0.371 e. The minimum Gasteiger partial charge on any atom is -0.371 e. The maximum absolute atomic E-state index is 6.40. The first-order chi connectivity index (χ1) is 14.8. The van der Waals surface area contributed by atoms with Crippen LogP contribution in [-0.2, 0) is 4.74 Å². The first-order valence-corrected chi connectivity index (χ1v) is 10.2. The normalized spacial score (nSPS) is 16.5. The number of nitrogens with one attached hydrogen (secondary N) is 2. The Labute approximate surface area is 179 Å². The van der Waals surface area contributed by atoms with Gasteiger partial charge in [0.05, 0.1) is 29.6 Å². The van der Waals surface area contributed by atoms with Crippen molar-refractivity contribution in [2.45, 2.75) is 6.10 Å². The van der Waals surface area contributed by atoms with Crippen LogP contribution < -0.4 is 10.6 Å². The SMILES string of the molecule is Clc1cnc(Nc2ccc(C3CNCCO3)cc2)nc1-c1ccc2ccncc2c1. The van der Waals surface area contributed by atoms with Crippen LogP contribution in [0, 0.1) is 0 Å². The predicted molar refractivity (Wildman–Crippen MR) is 119 cm³/mol. The molecule has 2 aromatic carbocycles. The van der Waals surface area contributed by atoms with Gasteiger partial charge in [-0.15, -0.1) is 0 Å². The third-order valence-corrected chi connectivity index (χ3v) is 5.40. The van der Waals surface area contributed by atoms with Crippen LogP contribution in [-0.4, -0.2) is 34.6 Å². The van der Waals surface area contributed by atoms with E-state index in [1.807, 2.05) is 42.6 Å². The van der Waals surface area contributed by atoms with Gasteiger partial charge in [0.1, 0.15) is 0 Å². The lowest BCUT2D eigenvalue weighted by Crippen LogP contribution is -2.33. The first-order valence-electron chi connectivity index (χ1n) is 9.82. The third-order valence-electron chi connectivity index (χ3n) is 5.12. The van der Waals surface area contributed by atoms with Crippen LogP contribution in [0.1, 0.15) is 11.7 Å². The topological polar surface area (TPSA) is 72.0 Å². The number of halogens is 1. The van der Waals surface area contributed by atoms with E-state index in [4.69, 9.17) is 16.3 Å². The zero-order valence-electron chi connectivity index (χ0n) is 16.2. The predicted octanol–water partition coefficient (Wildman–Crippen LogP) is 4.75. The van der Waals surface area contributed by atoms with E-state index in [1.54, 1.807) is 12.4 Å². The Morgan fingerprint density at radius 2 is 1.93 bits per heavy atom. The molecule has 1 saturated heterocycles. The summed E-state index contributed by atoms with van der Waals surface area (Å²) in [6, 6.07) is 16.2. The Hall–Kier alpha value is -3.06. The zero-order chi connectivity index (χ0) is 20.3. The highest BCUT2D eigenvalue weighted by Gasteiger charge is 2.15. The van der Waals surface area contributed by atoms with E-state index in [1.165, 1.54) is 0 Å². The van der Waals surface area contributed by atoms with Crippen LogP contribution in [0.4, 0.5) is 11.6 Å². The summed E-state index contributed by atoms with van der Waals surface area (Å²) in [5.41, 5.74) is 3.65. The second-order valence-corrected chi connectivity index (χ2v) is 7.55. The van der Waals surface area contributed by atoms with Gasteiger partial charge in [0, 0.05) is 42.1 Å². The molecule has 0 saturated carbocycles. The minimum atomic E-state index is 0.0913. The van der Waals surface area contributed by atoms with Crippen molar-refractivity contribution < 1.29 is 4.74 Å². The second-order valence-electron chi connectivity index (χ2n) is 7.14. The molecule has 5 rings (SSSR count). The fraction of sp³-hybridized carbons (Fsp3) is 0.174. The Bertz CT molecular complexity index is 1180. The first kappa shape index (κ1) is 18.9. The number of fused-ring (bicyclic) bond motifs is 1. The van der Waals surface area contributed by atoms with E-state index >= 15 is 0 Å². The maximum atomic E-state index is 6.40. The van der Waals surface area contributed by atoms with Crippen molar-refractivity contribution in [1.29, 1.82) is 0 Å². The molecule has 1 aliphatic heterocycles. The summed E-state index contributed by atoms with van der Waals surface area (Å²) in [6.45, 7) is 2.47. The molecule has 0 amide bonds. The number of morpholine rings is 1. The van der Waals surface area contributed by atoms with Crippen molar-refractivity contribution >= 4 is 34.0 Å². The van der Waals surface area contributed by atoms with Crippen LogP contribution in [0.3, 0.4) is 0 Å². The van der Waals surface area contributed by atoms with E-state index in [-0.39, 0.29) is 6.10 Å². The number of ether oxygens (including phenoxy) is 1. The summed E-state index contributed by atoms with van der Waals surface area (Å²) >= 11 is 6.40. The molecule has 2 aromatic heterocycles. The number of hydrogen-bond acceptors (Lipinski definition) is 6. The molecule has 2 N–H and O–H groups in total. The standard InChI is InChI=1S/C23H20ClN5O/c24-20-13-27-23(28-19-5-3-16(4-6-19)21-14-26-9-10-30-21)29-22(20)17-2-1-15-7-8-25-12-18(15)11-17/h1-8,11-13,21,26H,9-10,14H2,(H,27,28,29). The summed E-state index contributed by atoms with van der Waals surface area (Å²) in [7, 11) is 0. The van der Waals surface area contributed by atoms with Crippen LogP contribution in [0.2, 0.25) is 5.02 Å². The van der Waals surface area contributed by atoms with Crippen molar-refractivity contribution in [3.05, 3.63) is 77.7 Å². The van der Waals surface area contributed by atoms with E-state index in [0.29, 0.717) is 16.7 Å². The highest BCUT2D eigenvalue weighted by Crippen LogP contribution is 2.29. The van der Waals surface area contributed by atoms with Gasteiger partial charge in [0.15, 0.2) is 0 Å². The number of rotatable bonds is 4. The van der Waals surface area contributed by atoms with Crippen molar-refractivity contribution in [2.75, 3.05) is 25.0 Å². The molecule has 1 unspecified atom stereocenters.